The summed E-state index contributed by atoms with van der Waals surface area (Å²) in [7, 11) is 0. The molecule has 1 atom stereocenters. The Balaban J connectivity index is 0.00000512. The van der Waals surface area contributed by atoms with Crippen molar-refractivity contribution in [1.29, 1.82) is 0 Å². The second-order valence-electron chi connectivity index (χ2n) is 6.15. The molecule has 0 fully saturated rings. The average Bonchev–Trinajstić information content (AvgIpc) is 2.64. The van der Waals surface area contributed by atoms with Crippen LogP contribution in [0, 0.1) is 18.6 Å². The van der Waals surface area contributed by atoms with E-state index in [1.807, 2.05) is 0 Å². The van der Waals surface area contributed by atoms with Crippen molar-refractivity contribution >= 4 is 22.8 Å². The van der Waals surface area contributed by atoms with Gasteiger partial charge in [-0.05, 0) is 41.9 Å². The molecular formula is C17H9F10NaO2S2. The van der Waals surface area contributed by atoms with E-state index < -0.39 is 61.7 Å². The summed E-state index contributed by atoms with van der Waals surface area (Å²) in [6.07, 6.45) is 0. The molecular weight excluding hydrogens is 513 g/mol. The fourth-order valence-electron chi connectivity index (χ4n) is 2.23. The van der Waals surface area contributed by atoms with E-state index in [1.54, 1.807) is 6.92 Å². The van der Waals surface area contributed by atoms with Gasteiger partial charge in [0.25, 0.3) is 0 Å². The van der Waals surface area contributed by atoms with Gasteiger partial charge < -0.3 is 4.55 Å². The van der Waals surface area contributed by atoms with Crippen LogP contribution in [0.15, 0.2) is 41.3 Å². The zero-order valence-corrected chi connectivity index (χ0v) is 19.5. The van der Waals surface area contributed by atoms with Gasteiger partial charge in [0, 0.05) is 11.1 Å². The Labute approximate surface area is 203 Å². The van der Waals surface area contributed by atoms with Crippen molar-refractivity contribution in [3.8, 4) is 11.1 Å². The molecule has 0 saturated heterocycles. The monoisotopic (exact) mass is 522 g/mol. The third-order valence-electron chi connectivity index (χ3n) is 3.95. The normalized spacial score (nSPS) is 14.1. The number of rotatable bonds is 7. The SMILES string of the molecule is Cc1ccc(-c2cc(F)c(SC(F)(F)C(F)(F)C(F)(F)C(F)(F)S(=O)[O-])c(F)c2)cc1.[Na+]. The summed E-state index contributed by atoms with van der Waals surface area (Å²) >= 11 is -6.99. The number of hydrogen-bond donors (Lipinski definition) is 0. The van der Waals surface area contributed by atoms with Gasteiger partial charge in [0.15, 0.2) is 0 Å². The minimum Gasteiger partial charge on any atom is -0.768 e. The van der Waals surface area contributed by atoms with Crippen molar-refractivity contribution in [2.75, 3.05) is 0 Å². The van der Waals surface area contributed by atoms with Gasteiger partial charge in [0.1, 0.15) is 11.6 Å². The predicted octanol–water partition coefficient (Wildman–Crippen LogP) is 3.37. The molecule has 0 amide bonds. The van der Waals surface area contributed by atoms with E-state index in [9.17, 15) is 52.7 Å². The first kappa shape index (κ1) is 29.2. The Morgan fingerprint density at radius 2 is 1.25 bits per heavy atom. The van der Waals surface area contributed by atoms with Gasteiger partial charge in [-0.2, -0.15) is 35.1 Å². The van der Waals surface area contributed by atoms with Gasteiger partial charge in [-0.1, -0.05) is 29.8 Å². The van der Waals surface area contributed by atoms with Gasteiger partial charge in [-0.3, -0.25) is 4.21 Å². The number of alkyl halides is 8. The Bertz CT molecular complexity index is 976. The van der Waals surface area contributed by atoms with Crippen molar-refractivity contribution in [3.05, 3.63) is 53.6 Å². The van der Waals surface area contributed by atoms with Gasteiger partial charge in [-0.25, -0.2) is 8.78 Å². The van der Waals surface area contributed by atoms with Crippen molar-refractivity contribution in [2.24, 2.45) is 0 Å². The molecule has 0 aliphatic carbocycles. The smallest absolute Gasteiger partial charge is 0.768 e. The Hall–Kier alpha value is -0.800. The van der Waals surface area contributed by atoms with Gasteiger partial charge in [0.2, 0.25) is 0 Å². The molecule has 2 aromatic rings. The molecule has 0 saturated carbocycles. The maximum atomic E-state index is 14.2. The van der Waals surface area contributed by atoms with Crippen LogP contribution in [0.1, 0.15) is 5.56 Å². The van der Waals surface area contributed by atoms with E-state index in [1.165, 1.54) is 24.3 Å². The molecule has 2 aromatic carbocycles. The summed E-state index contributed by atoms with van der Waals surface area (Å²) in [5.74, 6) is -17.9. The summed E-state index contributed by atoms with van der Waals surface area (Å²) in [4.78, 5) is -1.86. The molecule has 0 aliphatic heterocycles. The van der Waals surface area contributed by atoms with Crippen LogP contribution >= 0.6 is 11.8 Å². The second kappa shape index (κ2) is 9.82. The zero-order valence-electron chi connectivity index (χ0n) is 15.9. The van der Waals surface area contributed by atoms with E-state index in [2.05, 4.69) is 0 Å². The second-order valence-corrected chi connectivity index (χ2v) is 8.26. The molecule has 2 nitrogen and oxygen atoms in total. The van der Waals surface area contributed by atoms with Crippen LogP contribution in [0.25, 0.3) is 11.1 Å². The molecule has 15 heteroatoms. The summed E-state index contributed by atoms with van der Waals surface area (Å²) in [6.45, 7) is 1.69. The van der Waals surface area contributed by atoms with Crippen molar-refractivity contribution in [1.82, 2.24) is 0 Å². The number of hydrogen-bond acceptors (Lipinski definition) is 3. The largest absolute Gasteiger partial charge is 1.00 e. The standard InChI is InChI=1S/C17H10F10O2S2.Na/c1-8-2-4-9(5-3-8)10-6-11(18)13(12(19)7-10)30-16(24,25)14(20,21)15(22,23)17(26,27)31(28)29;/h2-7H,1H3,(H,28,29);/q;+1/p-1. The van der Waals surface area contributed by atoms with Gasteiger partial charge in [0.05, 0.1) is 4.90 Å². The Morgan fingerprint density at radius 3 is 1.66 bits per heavy atom. The van der Waals surface area contributed by atoms with E-state index in [0.29, 0.717) is 12.1 Å². The van der Waals surface area contributed by atoms with Crippen molar-refractivity contribution in [3.63, 3.8) is 0 Å². The maximum absolute atomic E-state index is 14.2. The Kier molecular flexibility index (Phi) is 8.97. The number of halogens is 10. The first-order valence-electron chi connectivity index (χ1n) is 7.81. The molecule has 0 N–H and O–H groups in total. The summed E-state index contributed by atoms with van der Waals surface area (Å²) in [6, 6.07) is 6.75. The fourth-order valence-corrected chi connectivity index (χ4v) is 3.40. The van der Waals surface area contributed by atoms with Crippen LogP contribution in [0.5, 0.6) is 0 Å². The molecule has 32 heavy (non-hydrogen) atoms. The van der Waals surface area contributed by atoms with E-state index in [0.717, 1.165) is 5.56 Å². The van der Waals surface area contributed by atoms with Crippen LogP contribution in [0.4, 0.5) is 43.9 Å². The van der Waals surface area contributed by atoms with Crippen molar-refractivity contribution in [2.45, 2.75) is 34.2 Å². The fraction of sp³-hybridized carbons (Fsp3) is 0.294. The summed E-state index contributed by atoms with van der Waals surface area (Å²) in [5.41, 5.74) is 0.740. The third-order valence-corrected chi connectivity index (χ3v) is 5.73. The maximum Gasteiger partial charge on any atom is 1.00 e. The number of thioether (sulfide) groups is 1. The Morgan fingerprint density at radius 1 is 0.812 bits per heavy atom. The topological polar surface area (TPSA) is 40.1 Å². The molecule has 0 radical (unpaired) electrons. The molecule has 172 valence electrons. The number of aryl methyl sites for hydroxylation is 1. The molecule has 0 aromatic heterocycles. The first-order chi connectivity index (χ1) is 14.0. The van der Waals surface area contributed by atoms with Crippen LogP contribution in [0.3, 0.4) is 0 Å². The quantitative estimate of drug-likeness (QED) is 0.243. The first-order valence-corrected chi connectivity index (χ1v) is 9.70. The van der Waals surface area contributed by atoms with Crippen LogP contribution in [-0.2, 0) is 11.1 Å². The number of benzene rings is 2. The van der Waals surface area contributed by atoms with E-state index >= 15 is 0 Å². The van der Waals surface area contributed by atoms with Gasteiger partial charge >= 0.3 is 51.9 Å². The van der Waals surface area contributed by atoms with Crippen LogP contribution < -0.4 is 29.6 Å². The molecule has 2 rings (SSSR count). The zero-order chi connectivity index (χ0) is 24.0. The molecule has 1 unspecified atom stereocenters. The van der Waals surface area contributed by atoms with E-state index in [4.69, 9.17) is 0 Å². The van der Waals surface area contributed by atoms with Crippen LogP contribution in [0.2, 0.25) is 0 Å². The minimum atomic E-state index is -7.11. The molecule has 0 bridgehead atoms. The average molecular weight is 522 g/mol. The van der Waals surface area contributed by atoms with Crippen molar-refractivity contribution < 1.29 is 82.2 Å². The molecule has 0 heterocycles. The summed E-state index contributed by atoms with van der Waals surface area (Å²) in [5, 5.41) is -12.8. The molecule has 0 spiro atoms. The minimum absolute atomic E-state index is 0. The summed E-state index contributed by atoms with van der Waals surface area (Å²) < 4.78 is 156. The predicted molar refractivity (Wildman–Crippen MR) is 91.1 cm³/mol. The third kappa shape index (κ3) is 5.14. The van der Waals surface area contributed by atoms with E-state index in [-0.39, 0.29) is 40.7 Å². The van der Waals surface area contributed by atoms with Crippen LogP contribution in [-0.4, -0.2) is 31.1 Å². The molecule has 0 aliphatic rings. The van der Waals surface area contributed by atoms with Gasteiger partial charge in [-0.15, -0.1) is 0 Å².